The first-order chi connectivity index (χ1) is 4.71. The summed E-state index contributed by atoms with van der Waals surface area (Å²) in [6, 6.07) is 0. The lowest BCUT2D eigenvalue weighted by molar-refractivity contribution is 1.81. The molecule has 0 fully saturated rings. The first kappa shape index (κ1) is 13.8. The molecule has 0 aromatic heterocycles. The Balaban J connectivity index is 3.44. The van der Waals surface area contributed by atoms with Crippen molar-refractivity contribution in [3.8, 4) is 0 Å². The fourth-order valence-electron chi connectivity index (χ4n) is 0.0942. The van der Waals surface area contributed by atoms with Gasteiger partial charge in [0.2, 0.25) is 6.25 Å². The zero-order valence-electron chi connectivity index (χ0n) is 4.49. The van der Waals surface area contributed by atoms with Gasteiger partial charge in [-0.2, -0.15) is 0 Å². The Kier molecular flexibility index (Phi) is 7.04. The minimum absolute atomic E-state index is 0.983. The van der Waals surface area contributed by atoms with E-state index >= 15 is 0 Å². The number of hydrogen-bond acceptors (Lipinski definition) is 3. The lowest BCUT2D eigenvalue weighted by Crippen LogP contribution is -1.92. The molecule has 0 N–H and O–H groups in total. The van der Waals surface area contributed by atoms with E-state index in [9.17, 15) is 0 Å². The quantitative estimate of drug-likeness (QED) is 0.472. The molecule has 0 unspecified atom stereocenters. The standard InChI is InChI=1S/C2Cl6S3/c3-1(4,5)9-11-10-2(6,7)8. The summed E-state index contributed by atoms with van der Waals surface area (Å²) in [5, 5.41) is 0. The Labute approximate surface area is 106 Å². The second-order valence-corrected chi connectivity index (χ2v) is 11.4. The average molecular weight is 333 g/mol. The van der Waals surface area contributed by atoms with Crippen LogP contribution in [0.5, 0.6) is 0 Å². The van der Waals surface area contributed by atoms with Crippen LogP contribution in [0.4, 0.5) is 0 Å². The molecule has 0 heterocycles. The molecule has 0 aliphatic heterocycles. The highest BCUT2D eigenvalue weighted by molar-refractivity contribution is 9.10. The molecule has 0 spiro atoms. The van der Waals surface area contributed by atoms with Crippen LogP contribution in [0.3, 0.4) is 0 Å². The monoisotopic (exact) mass is 330 g/mol. The van der Waals surface area contributed by atoms with Crippen LogP contribution in [-0.2, 0) is 0 Å². The van der Waals surface area contributed by atoms with Crippen LogP contribution >= 0.6 is 101 Å². The average Bonchev–Trinajstić information content (AvgIpc) is 1.55. The Morgan fingerprint density at radius 2 is 0.909 bits per heavy atom. The van der Waals surface area contributed by atoms with Crippen molar-refractivity contribution in [3.05, 3.63) is 0 Å². The maximum atomic E-state index is 5.39. The van der Waals surface area contributed by atoms with Gasteiger partial charge in [-0.25, -0.2) is 0 Å². The molecule has 9 heteroatoms. The van der Waals surface area contributed by atoms with Gasteiger partial charge in [-0.15, -0.1) is 0 Å². The molecule has 0 nitrogen and oxygen atoms in total. The summed E-state index contributed by atoms with van der Waals surface area (Å²) in [5.41, 5.74) is 0. The van der Waals surface area contributed by atoms with E-state index < -0.39 is 6.25 Å². The number of alkyl halides is 6. The van der Waals surface area contributed by atoms with E-state index in [1.165, 1.54) is 0 Å². The molecule has 0 aromatic carbocycles. The highest BCUT2D eigenvalue weighted by Gasteiger charge is 2.26. The molecule has 0 rings (SSSR count). The van der Waals surface area contributed by atoms with Gasteiger partial charge >= 0.3 is 0 Å². The van der Waals surface area contributed by atoms with E-state index in [0.717, 1.165) is 31.4 Å². The van der Waals surface area contributed by atoms with Crippen LogP contribution in [0.2, 0.25) is 0 Å². The minimum atomic E-state index is -1.38. The molecular weight excluding hydrogens is 333 g/mol. The van der Waals surface area contributed by atoms with Crippen molar-refractivity contribution >= 4 is 101 Å². The SMILES string of the molecule is ClC(Cl)(Cl)SSSC(Cl)(Cl)Cl. The highest BCUT2D eigenvalue weighted by atomic mass is 35.6. The summed E-state index contributed by atoms with van der Waals surface area (Å²) in [6.07, 6.45) is 0. The van der Waals surface area contributed by atoms with Crippen LogP contribution in [0.25, 0.3) is 0 Å². The van der Waals surface area contributed by atoms with Crippen molar-refractivity contribution in [2.45, 2.75) is 6.25 Å². The van der Waals surface area contributed by atoms with Gasteiger partial charge in [0.05, 0.1) is 0 Å². The third kappa shape index (κ3) is 12.8. The van der Waals surface area contributed by atoms with Crippen molar-refractivity contribution in [2.24, 2.45) is 0 Å². The second-order valence-electron chi connectivity index (χ2n) is 1.13. The second kappa shape index (κ2) is 5.62. The van der Waals surface area contributed by atoms with Gasteiger partial charge < -0.3 is 0 Å². The Morgan fingerprint density at radius 3 is 1.09 bits per heavy atom. The molecule has 0 bridgehead atoms. The molecule has 0 aliphatic rings. The van der Waals surface area contributed by atoms with Gasteiger partial charge in [-0.1, -0.05) is 69.6 Å². The normalized spacial score (nSPS) is 13.6. The molecule has 0 saturated heterocycles. The van der Waals surface area contributed by atoms with Crippen molar-refractivity contribution in [3.63, 3.8) is 0 Å². The van der Waals surface area contributed by atoms with Gasteiger partial charge in [0.1, 0.15) is 0 Å². The molecule has 0 aliphatic carbocycles. The third-order valence-electron chi connectivity index (χ3n) is 0.257. The molecule has 0 saturated carbocycles. The smallest absolute Gasteiger partial charge is 0.0709 e. The van der Waals surface area contributed by atoms with Gasteiger partial charge in [0.25, 0.3) is 0 Å². The van der Waals surface area contributed by atoms with E-state index in [0.29, 0.717) is 0 Å². The van der Waals surface area contributed by atoms with E-state index in [2.05, 4.69) is 0 Å². The summed E-state index contributed by atoms with van der Waals surface area (Å²) < 4.78 is -2.76. The van der Waals surface area contributed by atoms with Crippen molar-refractivity contribution in [1.82, 2.24) is 0 Å². The summed E-state index contributed by atoms with van der Waals surface area (Å²) in [4.78, 5) is 0. The van der Waals surface area contributed by atoms with Gasteiger partial charge in [-0.3, -0.25) is 0 Å². The predicted molar refractivity (Wildman–Crippen MR) is 63.4 cm³/mol. The van der Waals surface area contributed by atoms with Crippen LogP contribution in [0, 0.1) is 0 Å². The number of halogens is 6. The summed E-state index contributed by atoms with van der Waals surface area (Å²) in [5.74, 6) is 0. The fourth-order valence-corrected chi connectivity index (χ4v) is 6.71. The van der Waals surface area contributed by atoms with Crippen LogP contribution in [-0.4, -0.2) is 6.25 Å². The summed E-state index contributed by atoms with van der Waals surface area (Å²) in [6.45, 7) is 0. The van der Waals surface area contributed by atoms with Crippen molar-refractivity contribution < 1.29 is 0 Å². The number of rotatable bonds is 2. The number of hydrogen-bond donors (Lipinski definition) is 0. The molecule has 0 radical (unpaired) electrons. The Bertz CT molecular complexity index is 100.0. The molecule has 0 aromatic rings. The molecule has 0 amide bonds. The lowest BCUT2D eigenvalue weighted by Gasteiger charge is -2.11. The van der Waals surface area contributed by atoms with Gasteiger partial charge in [0, 0.05) is 0 Å². The Morgan fingerprint density at radius 1 is 0.636 bits per heavy atom. The molecule has 0 atom stereocenters. The maximum Gasteiger partial charge on any atom is 0.248 e. The fraction of sp³-hybridized carbons (Fsp3) is 1.00. The zero-order chi connectivity index (χ0) is 9.12. The minimum Gasteiger partial charge on any atom is -0.0709 e. The van der Waals surface area contributed by atoms with E-state index in [1.54, 1.807) is 0 Å². The Hall–Kier alpha value is 2.79. The topological polar surface area (TPSA) is 0 Å². The van der Waals surface area contributed by atoms with Crippen LogP contribution < -0.4 is 0 Å². The van der Waals surface area contributed by atoms with Gasteiger partial charge in [-0.05, 0) is 31.4 Å². The molecule has 68 valence electrons. The van der Waals surface area contributed by atoms with Crippen LogP contribution in [0.1, 0.15) is 0 Å². The summed E-state index contributed by atoms with van der Waals surface area (Å²) in [7, 11) is 3.07. The van der Waals surface area contributed by atoms with E-state index in [4.69, 9.17) is 69.6 Å². The maximum absolute atomic E-state index is 5.39. The van der Waals surface area contributed by atoms with Crippen LogP contribution in [0.15, 0.2) is 0 Å². The molecular formula is C2Cl6S3. The lowest BCUT2D eigenvalue weighted by atomic mass is 11.8. The highest BCUT2D eigenvalue weighted by Crippen LogP contribution is 2.57. The summed E-state index contributed by atoms with van der Waals surface area (Å²) >= 11 is 32.4. The first-order valence-corrected chi connectivity index (χ1v) is 7.63. The van der Waals surface area contributed by atoms with Crippen molar-refractivity contribution in [2.75, 3.05) is 0 Å². The van der Waals surface area contributed by atoms with Crippen molar-refractivity contribution in [1.29, 1.82) is 0 Å². The van der Waals surface area contributed by atoms with Gasteiger partial charge in [0.15, 0.2) is 0 Å². The third-order valence-corrected chi connectivity index (χ3v) is 6.94. The zero-order valence-corrected chi connectivity index (χ0v) is 11.5. The molecule has 11 heavy (non-hydrogen) atoms. The van der Waals surface area contributed by atoms with E-state index in [-0.39, 0.29) is 0 Å². The van der Waals surface area contributed by atoms with E-state index in [1.807, 2.05) is 0 Å². The largest absolute Gasteiger partial charge is 0.248 e. The first-order valence-electron chi connectivity index (χ1n) is 1.88. The predicted octanol–water partition coefficient (Wildman–Crippen LogP) is 5.67.